The van der Waals surface area contributed by atoms with Gasteiger partial charge in [-0.05, 0) is 5.41 Å². The molecule has 0 radical (unpaired) electrons. The molecule has 0 saturated carbocycles. The Hall–Kier alpha value is -2.18. The van der Waals surface area contributed by atoms with E-state index in [1.165, 1.54) is 18.3 Å². The van der Waals surface area contributed by atoms with Gasteiger partial charge < -0.3 is 10.4 Å². The molecule has 1 rings (SSSR count). The number of aliphatic carboxylic acids is 1. The number of rotatable bonds is 5. The molecule has 0 aromatic carbocycles. The molecule has 0 bridgehead atoms. The number of carboxylic acids is 1. The lowest BCUT2D eigenvalue weighted by Crippen LogP contribution is -2.36. The molecule has 0 amide bonds. The van der Waals surface area contributed by atoms with E-state index in [0.29, 0.717) is 5.82 Å². The highest BCUT2D eigenvalue weighted by molar-refractivity contribution is 5.68. The van der Waals surface area contributed by atoms with E-state index < -0.39 is 10.9 Å². The molecule has 19 heavy (non-hydrogen) atoms. The Morgan fingerprint density at radius 2 is 2.21 bits per heavy atom. The highest BCUT2D eigenvalue weighted by atomic mass is 16.6. The number of nitrogens with zero attached hydrogens (tertiary/aromatic N) is 2. The predicted octanol–water partition coefficient (Wildman–Crippen LogP) is 2.29. The predicted molar refractivity (Wildman–Crippen MR) is 70.0 cm³/mol. The lowest BCUT2D eigenvalue weighted by Gasteiger charge is -2.30. The zero-order chi connectivity index (χ0) is 14.6. The summed E-state index contributed by atoms with van der Waals surface area (Å²) < 4.78 is 0. The molecule has 1 aromatic rings. The van der Waals surface area contributed by atoms with Crippen molar-refractivity contribution in [2.45, 2.75) is 33.2 Å². The summed E-state index contributed by atoms with van der Waals surface area (Å²) in [5.41, 5.74) is -0.398. The van der Waals surface area contributed by atoms with Crippen molar-refractivity contribution < 1.29 is 14.8 Å². The molecule has 0 saturated heterocycles. The van der Waals surface area contributed by atoms with E-state index in [1.807, 2.05) is 20.8 Å². The third kappa shape index (κ3) is 4.53. The normalized spacial score (nSPS) is 12.8. The average Bonchev–Trinajstić information content (AvgIpc) is 2.26. The number of aromatic nitrogens is 1. The lowest BCUT2D eigenvalue weighted by molar-refractivity contribution is -0.384. The number of anilines is 1. The second kappa shape index (κ2) is 5.64. The summed E-state index contributed by atoms with van der Waals surface area (Å²) in [4.78, 5) is 25.0. The molecule has 2 N–H and O–H groups in total. The Bertz CT molecular complexity index is 482. The van der Waals surface area contributed by atoms with Crippen LogP contribution in [0.25, 0.3) is 0 Å². The van der Waals surface area contributed by atoms with Crippen LogP contribution in [0.2, 0.25) is 0 Å². The van der Waals surface area contributed by atoms with Crippen LogP contribution in [0.15, 0.2) is 18.3 Å². The van der Waals surface area contributed by atoms with Crippen molar-refractivity contribution in [1.29, 1.82) is 0 Å². The maximum Gasteiger partial charge on any atom is 0.305 e. The third-order valence-electron chi connectivity index (χ3n) is 2.70. The van der Waals surface area contributed by atoms with Crippen LogP contribution in [0.3, 0.4) is 0 Å². The van der Waals surface area contributed by atoms with Crippen molar-refractivity contribution in [3.63, 3.8) is 0 Å². The van der Waals surface area contributed by atoms with Crippen molar-refractivity contribution in [3.8, 4) is 0 Å². The molecule has 1 unspecified atom stereocenters. The first kappa shape index (κ1) is 14.9. The Labute approximate surface area is 110 Å². The molecule has 1 aromatic heterocycles. The van der Waals surface area contributed by atoms with E-state index >= 15 is 0 Å². The molecule has 7 nitrogen and oxygen atoms in total. The van der Waals surface area contributed by atoms with Gasteiger partial charge in [0.2, 0.25) is 0 Å². The van der Waals surface area contributed by atoms with E-state index in [1.54, 1.807) is 0 Å². The fourth-order valence-corrected chi connectivity index (χ4v) is 1.54. The van der Waals surface area contributed by atoms with Gasteiger partial charge in [0.05, 0.1) is 17.4 Å². The number of nitro groups is 1. The molecule has 7 heteroatoms. The Kier molecular flexibility index (Phi) is 4.42. The van der Waals surface area contributed by atoms with E-state index in [9.17, 15) is 14.9 Å². The molecule has 0 aliphatic heterocycles. The Morgan fingerprint density at radius 1 is 1.58 bits per heavy atom. The number of hydrogen-bond donors (Lipinski definition) is 2. The molecule has 1 atom stereocenters. The smallest absolute Gasteiger partial charge is 0.305 e. The standard InChI is InChI=1S/C12H17N3O4/c1-12(2,3)9(7-11(16)17)14-10-6-8(15(18)19)4-5-13-10/h4-6,9H,7H2,1-3H3,(H,13,14)(H,16,17). The van der Waals surface area contributed by atoms with Crippen molar-refractivity contribution in [1.82, 2.24) is 4.98 Å². The van der Waals surface area contributed by atoms with E-state index in [2.05, 4.69) is 10.3 Å². The maximum atomic E-state index is 10.9. The number of carboxylic acid groups (broad SMARTS) is 1. The minimum Gasteiger partial charge on any atom is -0.481 e. The Morgan fingerprint density at radius 3 is 2.68 bits per heavy atom. The molecule has 0 fully saturated rings. The van der Waals surface area contributed by atoms with Gasteiger partial charge in [0.1, 0.15) is 5.82 Å². The summed E-state index contributed by atoms with van der Waals surface area (Å²) in [6.45, 7) is 5.68. The van der Waals surface area contributed by atoms with Crippen LogP contribution < -0.4 is 5.32 Å². The summed E-state index contributed by atoms with van der Waals surface area (Å²) in [7, 11) is 0. The van der Waals surface area contributed by atoms with Gasteiger partial charge in [-0.1, -0.05) is 20.8 Å². The highest BCUT2D eigenvalue weighted by Gasteiger charge is 2.27. The minimum absolute atomic E-state index is 0.0829. The molecular formula is C12H17N3O4. The first-order chi connectivity index (χ1) is 8.70. The summed E-state index contributed by atoms with van der Waals surface area (Å²) in [6, 6.07) is 2.20. The second-order valence-electron chi connectivity index (χ2n) is 5.32. The number of nitrogens with one attached hydrogen (secondary N) is 1. The van der Waals surface area contributed by atoms with Gasteiger partial charge in [-0.25, -0.2) is 4.98 Å². The zero-order valence-electron chi connectivity index (χ0n) is 11.1. The van der Waals surface area contributed by atoms with Crippen molar-refractivity contribution >= 4 is 17.5 Å². The van der Waals surface area contributed by atoms with Crippen molar-refractivity contribution in [2.24, 2.45) is 5.41 Å². The zero-order valence-corrected chi connectivity index (χ0v) is 11.1. The molecule has 104 valence electrons. The van der Waals surface area contributed by atoms with Crippen LogP contribution in [-0.4, -0.2) is 27.0 Å². The third-order valence-corrected chi connectivity index (χ3v) is 2.70. The lowest BCUT2D eigenvalue weighted by atomic mass is 9.85. The van der Waals surface area contributed by atoms with Crippen molar-refractivity contribution in [3.05, 3.63) is 28.4 Å². The summed E-state index contributed by atoms with van der Waals surface area (Å²) in [5, 5.41) is 22.5. The van der Waals surface area contributed by atoms with E-state index in [4.69, 9.17) is 5.11 Å². The van der Waals surface area contributed by atoms with Crippen LogP contribution in [0.1, 0.15) is 27.2 Å². The van der Waals surface area contributed by atoms with Gasteiger partial charge in [0.25, 0.3) is 5.69 Å². The quantitative estimate of drug-likeness (QED) is 0.626. The van der Waals surface area contributed by atoms with Gasteiger partial charge >= 0.3 is 5.97 Å². The first-order valence-electron chi connectivity index (χ1n) is 5.79. The fraction of sp³-hybridized carbons (Fsp3) is 0.500. The molecule has 1 heterocycles. The molecule has 0 aliphatic rings. The van der Waals surface area contributed by atoms with Crippen LogP contribution in [-0.2, 0) is 4.79 Å². The van der Waals surface area contributed by atoms with Crippen LogP contribution in [0.5, 0.6) is 0 Å². The number of pyridine rings is 1. The minimum atomic E-state index is -0.933. The molecular weight excluding hydrogens is 250 g/mol. The van der Waals surface area contributed by atoms with Crippen molar-refractivity contribution in [2.75, 3.05) is 5.32 Å². The second-order valence-corrected chi connectivity index (χ2v) is 5.32. The van der Waals surface area contributed by atoms with Gasteiger partial charge in [0, 0.05) is 18.3 Å². The topological polar surface area (TPSA) is 105 Å². The first-order valence-corrected chi connectivity index (χ1v) is 5.79. The van der Waals surface area contributed by atoms with Crippen LogP contribution >= 0.6 is 0 Å². The monoisotopic (exact) mass is 267 g/mol. The fourth-order valence-electron chi connectivity index (χ4n) is 1.54. The van der Waals surface area contributed by atoms with Crippen LogP contribution in [0, 0.1) is 15.5 Å². The SMILES string of the molecule is CC(C)(C)C(CC(=O)O)Nc1cc([N+](=O)[O-])ccn1. The van der Waals surface area contributed by atoms with Gasteiger partial charge in [-0.2, -0.15) is 0 Å². The van der Waals surface area contributed by atoms with Gasteiger partial charge in [-0.3, -0.25) is 14.9 Å². The highest BCUT2D eigenvalue weighted by Crippen LogP contribution is 2.26. The van der Waals surface area contributed by atoms with Gasteiger partial charge in [0.15, 0.2) is 0 Å². The Balaban J connectivity index is 2.93. The largest absolute Gasteiger partial charge is 0.481 e. The van der Waals surface area contributed by atoms with Crippen LogP contribution in [0.4, 0.5) is 11.5 Å². The molecule has 0 aliphatic carbocycles. The maximum absolute atomic E-state index is 10.9. The average molecular weight is 267 g/mol. The van der Waals surface area contributed by atoms with E-state index in [0.717, 1.165) is 0 Å². The number of hydrogen-bond acceptors (Lipinski definition) is 5. The summed E-state index contributed by atoms with van der Waals surface area (Å²) in [6.07, 6.45) is 1.23. The molecule has 0 spiro atoms. The van der Waals surface area contributed by atoms with Gasteiger partial charge in [-0.15, -0.1) is 0 Å². The summed E-state index contributed by atoms with van der Waals surface area (Å²) >= 11 is 0. The number of carbonyl (C=O) groups is 1. The van der Waals surface area contributed by atoms with E-state index in [-0.39, 0.29) is 23.6 Å². The summed E-state index contributed by atoms with van der Waals surface area (Å²) in [5.74, 6) is -0.631.